The molecule has 1 fully saturated rings. The van der Waals surface area contributed by atoms with Crippen molar-refractivity contribution in [1.29, 1.82) is 0 Å². The third kappa shape index (κ3) is 5.76. The monoisotopic (exact) mass is 432 g/mol. The van der Waals surface area contributed by atoms with Crippen molar-refractivity contribution in [3.05, 3.63) is 0 Å². The van der Waals surface area contributed by atoms with Crippen LogP contribution < -0.4 is 0 Å². The first-order chi connectivity index (χ1) is 12.5. The second kappa shape index (κ2) is 8.98. The van der Waals surface area contributed by atoms with Crippen molar-refractivity contribution in [3.63, 3.8) is 0 Å². The van der Waals surface area contributed by atoms with Gasteiger partial charge in [-0.15, -0.1) is 0 Å². The SMILES string of the molecule is CO[C@@H]1O[C@@H](CC=O)[C@@H](O[Si](C)(C)C(C)(C)C)[C@H](C)[C@H]1O[Si](C)(C)C(C)(C)C. The molecule has 7 heteroatoms. The van der Waals surface area contributed by atoms with Gasteiger partial charge in [-0.25, -0.2) is 0 Å². The van der Waals surface area contributed by atoms with Gasteiger partial charge in [0.15, 0.2) is 22.9 Å². The number of carbonyl (C=O) groups is 1. The van der Waals surface area contributed by atoms with E-state index in [0.717, 1.165) is 6.29 Å². The lowest BCUT2D eigenvalue weighted by atomic mass is 9.89. The van der Waals surface area contributed by atoms with Crippen LogP contribution in [0.25, 0.3) is 0 Å². The molecular formula is C21H44O5Si2. The molecule has 0 aliphatic carbocycles. The van der Waals surface area contributed by atoms with Crippen molar-refractivity contribution in [3.8, 4) is 0 Å². The first-order valence-corrected chi connectivity index (χ1v) is 16.3. The van der Waals surface area contributed by atoms with Gasteiger partial charge in [-0.3, -0.25) is 0 Å². The summed E-state index contributed by atoms with van der Waals surface area (Å²) in [6, 6.07) is 0. The van der Waals surface area contributed by atoms with Gasteiger partial charge < -0.3 is 23.1 Å². The number of ether oxygens (including phenoxy) is 2. The summed E-state index contributed by atoms with van der Waals surface area (Å²) < 4.78 is 25.4. The van der Waals surface area contributed by atoms with Crippen LogP contribution in [-0.2, 0) is 23.1 Å². The molecule has 0 bridgehead atoms. The summed E-state index contributed by atoms with van der Waals surface area (Å²) in [7, 11) is -2.43. The molecule has 0 aromatic carbocycles. The fraction of sp³-hybridized carbons (Fsp3) is 0.952. The van der Waals surface area contributed by atoms with Crippen molar-refractivity contribution in [2.24, 2.45) is 5.92 Å². The summed E-state index contributed by atoms with van der Waals surface area (Å²) in [4.78, 5) is 11.3. The lowest BCUT2D eigenvalue weighted by Gasteiger charge is -2.51. The summed E-state index contributed by atoms with van der Waals surface area (Å²) in [6.07, 6.45) is 0.00672. The van der Waals surface area contributed by atoms with E-state index in [-0.39, 0.29) is 34.3 Å². The first kappa shape index (κ1) is 26.0. The second-order valence-corrected chi connectivity index (χ2v) is 20.7. The van der Waals surface area contributed by atoms with Crippen LogP contribution in [0.5, 0.6) is 0 Å². The third-order valence-corrected chi connectivity index (χ3v) is 16.0. The van der Waals surface area contributed by atoms with Gasteiger partial charge in [-0.05, 0) is 36.3 Å². The van der Waals surface area contributed by atoms with Crippen LogP contribution in [0.15, 0.2) is 0 Å². The van der Waals surface area contributed by atoms with E-state index < -0.39 is 22.9 Å². The van der Waals surface area contributed by atoms with Gasteiger partial charge in [0.05, 0.1) is 12.2 Å². The Labute approximate surface area is 175 Å². The van der Waals surface area contributed by atoms with Crippen LogP contribution in [0.3, 0.4) is 0 Å². The zero-order chi connectivity index (χ0) is 22.1. The molecule has 5 atom stereocenters. The molecule has 1 aliphatic heterocycles. The Morgan fingerprint density at radius 1 is 0.893 bits per heavy atom. The predicted octanol–water partition coefficient (Wildman–Crippen LogP) is 5.36. The maximum atomic E-state index is 11.3. The highest BCUT2D eigenvalue weighted by Gasteiger charge is 2.51. The van der Waals surface area contributed by atoms with Gasteiger partial charge in [-0.1, -0.05) is 48.5 Å². The Hall–Kier alpha value is -0.0562. The molecule has 0 unspecified atom stereocenters. The number of methoxy groups -OCH3 is 1. The summed E-state index contributed by atoms with van der Waals surface area (Å²) in [5.74, 6) is 0.0619. The molecular weight excluding hydrogens is 388 g/mol. The average Bonchev–Trinajstić information content (AvgIpc) is 2.51. The van der Waals surface area contributed by atoms with Gasteiger partial charge in [0.25, 0.3) is 0 Å². The van der Waals surface area contributed by atoms with Crippen LogP contribution in [0.1, 0.15) is 54.9 Å². The van der Waals surface area contributed by atoms with E-state index in [4.69, 9.17) is 18.3 Å². The maximum Gasteiger partial charge on any atom is 0.192 e. The summed E-state index contributed by atoms with van der Waals surface area (Å²) in [5, 5.41) is 0.160. The maximum absolute atomic E-state index is 11.3. The third-order valence-electron chi connectivity index (χ3n) is 7.01. The smallest absolute Gasteiger partial charge is 0.192 e. The summed E-state index contributed by atoms with van der Waals surface area (Å²) in [6.45, 7) is 24.5. The van der Waals surface area contributed by atoms with Crippen LogP contribution in [0.4, 0.5) is 0 Å². The topological polar surface area (TPSA) is 54.0 Å². The molecule has 0 N–H and O–H groups in total. The largest absolute Gasteiger partial charge is 0.411 e. The number of rotatable bonds is 7. The Bertz CT molecular complexity index is 522. The quantitative estimate of drug-likeness (QED) is 0.400. The lowest BCUT2D eigenvalue weighted by molar-refractivity contribution is -0.267. The van der Waals surface area contributed by atoms with E-state index in [1.165, 1.54) is 0 Å². The van der Waals surface area contributed by atoms with Gasteiger partial charge in [0.1, 0.15) is 12.4 Å². The predicted molar refractivity (Wildman–Crippen MR) is 120 cm³/mol. The fourth-order valence-corrected chi connectivity index (χ4v) is 5.71. The zero-order valence-electron chi connectivity index (χ0n) is 20.2. The molecule has 1 rings (SSSR count). The normalized spacial score (nSPS) is 30.4. The first-order valence-electron chi connectivity index (χ1n) is 10.5. The number of aldehydes is 1. The molecule has 0 saturated carbocycles. The molecule has 0 amide bonds. The highest BCUT2D eigenvalue weighted by Crippen LogP contribution is 2.44. The molecule has 5 nitrogen and oxygen atoms in total. The fourth-order valence-electron chi connectivity index (χ4n) is 2.95. The molecule has 1 saturated heterocycles. The van der Waals surface area contributed by atoms with E-state index in [1.54, 1.807) is 7.11 Å². The van der Waals surface area contributed by atoms with Gasteiger partial charge in [-0.2, -0.15) is 0 Å². The van der Waals surface area contributed by atoms with E-state index >= 15 is 0 Å². The van der Waals surface area contributed by atoms with Crippen LogP contribution in [0, 0.1) is 5.92 Å². The molecule has 0 spiro atoms. The zero-order valence-corrected chi connectivity index (χ0v) is 22.2. The van der Waals surface area contributed by atoms with E-state index in [9.17, 15) is 4.79 Å². The molecule has 0 aromatic heterocycles. The van der Waals surface area contributed by atoms with Crippen molar-refractivity contribution >= 4 is 22.9 Å². The van der Waals surface area contributed by atoms with E-state index in [2.05, 4.69) is 74.7 Å². The summed E-state index contributed by atoms with van der Waals surface area (Å²) in [5.41, 5.74) is 0. The Balaban J connectivity index is 3.24. The van der Waals surface area contributed by atoms with Gasteiger partial charge in [0.2, 0.25) is 0 Å². The molecule has 0 aromatic rings. The minimum atomic E-state index is -2.04. The van der Waals surface area contributed by atoms with Crippen LogP contribution in [0.2, 0.25) is 36.3 Å². The van der Waals surface area contributed by atoms with Crippen LogP contribution >= 0.6 is 0 Å². The average molecular weight is 433 g/mol. The lowest BCUT2D eigenvalue weighted by Crippen LogP contribution is -2.61. The summed E-state index contributed by atoms with van der Waals surface area (Å²) >= 11 is 0. The Kier molecular flexibility index (Phi) is 8.33. The van der Waals surface area contributed by atoms with Crippen molar-refractivity contribution < 1.29 is 23.1 Å². The van der Waals surface area contributed by atoms with Gasteiger partial charge >= 0.3 is 0 Å². The van der Waals surface area contributed by atoms with E-state index in [1.807, 2.05) is 0 Å². The Morgan fingerprint density at radius 2 is 1.32 bits per heavy atom. The minimum absolute atomic E-state index is 0.0619. The minimum Gasteiger partial charge on any atom is -0.411 e. The number of hydrogen-bond acceptors (Lipinski definition) is 5. The highest BCUT2D eigenvalue weighted by atomic mass is 28.4. The van der Waals surface area contributed by atoms with Crippen LogP contribution in [-0.4, -0.2) is 54.6 Å². The molecule has 1 aliphatic rings. The van der Waals surface area contributed by atoms with Crippen molar-refractivity contribution in [1.82, 2.24) is 0 Å². The van der Waals surface area contributed by atoms with Crippen molar-refractivity contribution in [2.75, 3.05) is 7.11 Å². The molecule has 1 heterocycles. The number of carbonyl (C=O) groups excluding carboxylic acids is 1. The number of hydrogen-bond donors (Lipinski definition) is 0. The second-order valence-electron chi connectivity index (χ2n) is 11.2. The van der Waals surface area contributed by atoms with E-state index in [0.29, 0.717) is 6.42 Å². The molecule has 28 heavy (non-hydrogen) atoms. The Morgan fingerprint density at radius 3 is 1.68 bits per heavy atom. The molecule has 166 valence electrons. The van der Waals surface area contributed by atoms with Gasteiger partial charge in [0, 0.05) is 19.4 Å². The highest BCUT2D eigenvalue weighted by molar-refractivity contribution is 6.74. The molecule has 0 radical (unpaired) electrons. The standard InChI is InChI=1S/C21H44O5Si2/c1-15-17(25-27(9,10)20(2,3)4)16(13-14-22)24-19(23-8)18(15)26-28(11,12)21(5,6)7/h14-19H,13H2,1-12H3/t15-,16-,17-,18+,19+/m0/s1. The van der Waals surface area contributed by atoms with Crippen molar-refractivity contribution in [2.45, 2.75) is 116 Å².